The molecule has 0 saturated heterocycles. The van der Waals surface area contributed by atoms with Crippen molar-refractivity contribution in [3.05, 3.63) is 29.8 Å². The van der Waals surface area contributed by atoms with Crippen LogP contribution >= 0.6 is 0 Å². The monoisotopic (exact) mass is 244 g/mol. The van der Waals surface area contributed by atoms with Crippen molar-refractivity contribution in [2.24, 2.45) is 5.92 Å². The zero-order chi connectivity index (χ0) is 12.7. The van der Waals surface area contributed by atoms with E-state index < -0.39 is 7.32 Å². The van der Waals surface area contributed by atoms with Gasteiger partial charge in [-0.1, -0.05) is 51.3 Å². The summed E-state index contributed by atoms with van der Waals surface area (Å²) in [6.07, 6.45) is 4.53. The van der Waals surface area contributed by atoms with Gasteiger partial charge in [0.2, 0.25) is 0 Å². The van der Waals surface area contributed by atoms with Gasteiger partial charge in [0.05, 0.1) is 0 Å². The van der Waals surface area contributed by atoms with Crippen LogP contribution in [0.15, 0.2) is 24.3 Å². The van der Waals surface area contributed by atoms with Crippen molar-refractivity contribution in [3.63, 3.8) is 0 Å². The molecule has 0 aromatic heterocycles. The van der Waals surface area contributed by atoms with E-state index in [-0.39, 0.29) is 18.9 Å². The Hall–Kier alpha value is -0.398. The molecule has 1 rings (SSSR count). The third-order valence-electron chi connectivity index (χ3n) is 2.82. The fourth-order valence-corrected chi connectivity index (χ4v) is 1.93. The van der Waals surface area contributed by atoms with Crippen LogP contribution in [0.3, 0.4) is 0 Å². The van der Waals surface area contributed by atoms with Crippen molar-refractivity contribution in [2.45, 2.75) is 39.5 Å². The Morgan fingerprint density at radius 1 is 1.28 bits per heavy atom. The number of rotatable bonds is 7. The molecule has 0 aliphatic heterocycles. The van der Waals surface area contributed by atoms with Gasteiger partial charge in [0.1, 0.15) is 5.75 Å². The Bertz CT molecular complexity index is 334. The van der Waals surface area contributed by atoms with Crippen molar-refractivity contribution in [3.8, 4) is 5.75 Å². The summed E-state index contributed by atoms with van der Waals surface area (Å²) in [5.41, 5.74) is 1.03. The Morgan fingerprint density at radius 2 is 1.94 bits per heavy atom. The van der Waals surface area contributed by atoms with E-state index in [0.717, 1.165) is 12.0 Å². The summed E-state index contributed by atoms with van der Waals surface area (Å²) < 4.78 is 4.96. The Labute approximate surface area is 122 Å². The van der Waals surface area contributed by atoms with Gasteiger partial charge in [-0.15, -0.1) is 0 Å². The van der Waals surface area contributed by atoms with Gasteiger partial charge in [0.15, 0.2) is 0 Å². The first-order valence-corrected chi connectivity index (χ1v) is 6.24. The van der Waals surface area contributed by atoms with Crippen molar-refractivity contribution in [1.29, 1.82) is 0 Å². The van der Waals surface area contributed by atoms with Gasteiger partial charge in [-0.05, 0) is 24.0 Å². The molecule has 96 valence electrons. The second-order valence-corrected chi connectivity index (χ2v) is 4.50. The van der Waals surface area contributed by atoms with E-state index in [1.807, 2.05) is 18.2 Å². The summed E-state index contributed by atoms with van der Waals surface area (Å²) in [5.74, 6) is 1.14. The van der Waals surface area contributed by atoms with Gasteiger partial charge in [-0.3, -0.25) is 0 Å². The summed E-state index contributed by atoms with van der Waals surface area (Å²) in [6.45, 7) is 4.40. The normalized spacial score (nSPS) is 11.6. The Kier molecular flexibility index (Phi) is 9.31. The fourth-order valence-electron chi connectivity index (χ4n) is 1.93. The van der Waals surface area contributed by atoms with E-state index in [2.05, 4.69) is 13.8 Å². The number of benzene rings is 1. The molecule has 3 nitrogen and oxygen atoms in total. The second-order valence-electron chi connectivity index (χ2n) is 4.50. The van der Waals surface area contributed by atoms with E-state index in [9.17, 15) is 0 Å². The van der Waals surface area contributed by atoms with Gasteiger partial charge in [0, 0.05) is 0 Å². The van der Waals surface area contributed by atoms with Crippen LogP contribution in [-0.4, -0.2) is 36.2 Å². The molecule has 18 heavy (non-hydrogen) atoms. The zero-order valence-corrected chi connectivity index (χ0v) is 10.6. The first kappa shape index (κ1) is 17.6. The van der Waals surface area contributed by atoms with Gasteiger partial charge < -0.3 is 14.7 Å². The molecule has 1 aromatic carbocycles. The first-order valence-electron chi connectivity index (χ1n) is 6.24. The van der Waals surface area contributed by atoms with Crippen LogP contribution in [0.25, 0.3) is 0 Å². The van der Waals surface area contributed by atoms with Crippen molar-refractivity contribution in [1.82, 2.24) is 0 Å². The summed E-state index contributed by atoms with van der Waals surface area (Å²) in [6, 6.07) is 7.51. The van der Waals surface area contributed by atoms with Crippen LogP contribution in [-0.2, 0) is 6.42 Å². The predicted molar refractivity (Wildman–Crippen MR) is 76.8 cm³/mol. The molecule has 0 heterocycles. The fraction of sp³-hybridized carbons (Fsp3) is 0.538. The van der Waals surface area contributed by atoms with Crippen LogP contribution < -0.4 is 4.65 Å². The molecule has 1 atom stereocenters. The third-order valence-corrected chi connectivity index (χ3v) is 2.82. The van der Waals surface area contributed by atoms with E-state index in [0.29, 0.717) is 11.7 Å². The molecule has 5 heteroatoms. The van der Waals surface area contributed by atoms with Gasteiger partial charge in [0.25, 0.3) is 0 Å². The minimum absolute atomic E-state index is 0. The van der Waals surface area contributed by atoms with Crippen molar-refractivity contribution in [2.75, 3.05) is 0 Å². The molecule has 1 aromatic rings. The molecule has 0 aliphatic carbocycles. The standard InChI is InChI=1S/C13H21BO3.Li.H/c1-3-4-7-11(2)10-12-8-5-6-9-13(12)17-14(15)16;;/h5-6,8-9,11,15-16H,3-4,7,10H2,1-2H3;;. The van der Waals surface area contributed by atoms with Crippen LogP contribution in [0, 0.1) is 5.92 Å². The Balaban J connectivity index is 0.00000289. The van der Waals surface area contributed by atoms with Crippen LogP contribution in [0.4, 0.5) is 0 Å². The molecule has 0 fully saturated rings. The number of unbranched alkanes of at least 4 members (excludes halogenated alkanes) is 1. The average Bonchev–Trinajstić information content (AvgIpc) is 2.28. The molecule has 0 radical (unpaired) electrons. The van der Waals surface area contributed by atoms with Gasteiger partial charge >= 0.3 is 26.2 Å². The second kappa shape index (κ2) is 9.52. The molecule has 0 spiro atoms. The van der Waals surface area contributed by atoms with Crippen LogP contribution in [0.2, 0.25) is 0 Å². The topological polar surface area (TPSA) is 49.7 Å². The van der Waals surface area contributed by atoms with E-state index in [4.69, 9.17) is 14.7 Å². The maximum absolute atomic E-state index is 8.84. The number of para-hydroxylation sites is 1. The van der Waals surface area contributed by atoms with Crippen LogP contribution in [0.5, 0.6) is 5.75 Å². The predicted octanol–water partition coefficient (Wildman–Crippen LogP) is 1.76. The summed E-state index contributed by atoms with van der Waals surface area (Å²) in [5, 5.41) is 17.7. The van der Waals surface area contributed by atoms with Crippen LogP contribution in [0.1, 0.15) is 38.7 Å². The maximum atomic E-state index is 8.84. The summed E-state index contributed by atoms with van der Waals surface area (Å²) in [4.78, 5) is 0. The SMILES string of the molecule is CCCCC(C)Cc1ccccc1OB(O)O.[LiH]. The van der Waals surface area contributed by atoms with E-state index in [1.54, 1.807) is 6.07 Å². The molecular formula is C13H22BLiO3. The van der Waals surface area contributed by atoms with E-state index >= 15 is 0 Å². The zero-order valence-electron chi connectivity index (χ0n) is 10.6. The Morgan fingerprint density at radius 3 is 2.56 bits per heavy atom. The third kappa shape index (κ3) is 6.51. The molecule has 0 amide bonds. The first-order chi connectivity index (χ1) is 8.13. The minimum atomic E-state index is -1.75. The number of hydrogen-bond donors (Lipinski definition) is 2. The molecular weight excluding hydrogens is 222 g/mol. The van der Waals surface area contributed by atoms with Gasteiger partial charge in [-0.2, -0.15) is 0 Å². The molecule has 2 N–H and O–H groups in total. The van der Waals surface area contributed by atoms with Gasteiger partial charge in [-0.25, -0.2) is 0 Å². The number of hydrogen-bond acceptors (Lipinski definition) is 3. The molecule has 0 saturated carbocycles. The quantitative estimate of drug-likeness (QED) is 0.718. The summed E-state index contributed by atoms with van der Waals surface area (Å²) >= 11 is 0. The van der Waals surface area contributed by atoms with Crippen molar-refractivity contribution < 1.29 is 14.7 Å². The molecule has 1 unspecified atom stereocenters. The molecule has 0 bridgehead atoms. The molecule has 0 aliphatic rings. The van der Waals surface area contributed by atoms with E-state index in [1.165, 1.54) is 19.3 Å². The van der Waals surface area contributed by atoms with Crippen molar-refractivity contribution >= 4 is 26.2 Å². The summed E-state index contributed by atoms with van der Waals surface area (Å²) in [7, 11) is -1.75. The average molecular weight is 244 g/mol.